The summed E-state index contributed by atoms with van der Waals surface area (Å²) >= 11 is 0. The van der Waals surface area contributed by atoms with Gasteiger partial charge in [0, 0.05) is 32.6 Å². The van der Waals surface area contributed by atoms with Gasteiger partial charge in [-0.15, -0.1) is 0 Å². The van der Waals surface area contributed by atoms with Crippen molar-refractivity contribution in [2.24, 2.45) is 5.73 Å². The molecular weight excluding hydrogens is 347 g/mol. The lowest BCUT2D eigenvalue weighted by Crippen LogP contribution is -2.56. The van der Waals surface area contributed by atoms with Gasteiger partial charge in [0.1, 0.15) is 6.10 Å². The molecular formula is C14H22F3N3O5. The Morgan fingerprint density at radius 3 is 2.12 bits per heavy atom. The molecule has 0 aromatic rings. The number of carbonyl (C=O) groups excluding carboxylic acids is 2. The second-order valence-corrected chi connectivity index (χ2v) is 5.89. The second kappa shape index (κ2) is 8.99. The quantitative estimate of drug-likeness (QED) is 0.617. The van der Waals surface area contributed by atoms with E-state index in [1.165, 1.54) is 0 Å². The van der Waals surface area contributed by atoms with E-state index in [0.29, 0.717) is 26.1 Å². The van der Waals surface area contributed by atoms with Crippen molar-refractivity contribution in [3.05, 3.63) is 0 Å². The van der Waals surface area contributed by atoms with Crippen LogP contribution in [0.4, 0.5) is 13.2 Å². The molecule has 0 spiro atoms. The highest BCUT2D eigenvalue weighted by atomic mass is 19.4. The number of rotatable bonds is 4. The predicted octanol–water partition coefficient (Wildman–Crippen LogP) is -0.447. The van der Waals surface area contributed by atoms with E-state index in [-0.39, 0.29) is 18.4 Å². The molecule has 0 radical (unpaired) electrons. The zero-order chi connectivity index (χ0) is 19.2. The van der Waals surface area contributed by atoms with E-state index in [0.717, 1.165) is 19.3 Å². The monoisotopic (exact) mass is 369 g/mol. The highest BCUT2D eigenvalue weighted by molar-refractivity contribution is 5.82. The lowest BCUT2D eigenvalue weighted by Gasteiger charge is -2.35. The molecule has 2 saturated heterocycles. The lowest BCUT2D eigenvalue weighted by molar-refractivity contribution is -0.192. The van der Waals surface area contributed by atoms with Crippen LogP contribution < -0.4 is 5.73 Å². The van der Waals surface area contributed by atoms with Crippen molar-refractivity contribution in [3.63, 3.8) is 0 Å². The average molecular weight is 369 g/mol. The Balaban J connectivity index is 0.000000381. The fraction of sp³-hybridized carbons (Fsp3) is 0.786. The number of alkyl halides is 3. The van der Waals surface area contributed by atoms with E-state index in [1.54, 1.807) is 9.80 Å². The van der Waals surface area contributed by atoms with Gasteiger partial charge in [-0.2, -0.15) is 13.2 Å². The van der Waals surface area contributed by atoms with Crippen molar-refractivity contribution in [2.45, 2.75) is 44.0 Å². The fourth-order valence-corrected chi connectivity index (χ4v) is 2.32. The zero-order valence-electron chi connectivity index (χ0n) is 13.5. The van der Waals surface area contributed by atoms with E-state index in [4.69, 9.17) is 15.6 Å². The molecule has 144 valence electrons. The fourth-order valence-electron chi connectivity index (χ4n) is 2.32. The van der Waals surface area contributed by atoms with Crippen LogP contribution in [-0.4, -0.2) is 82.3 Å². The number of aliphatic hydroxyl groups is 1. The summed E-state index contributed by atoms with van der Waals surface area (Å²) < 4.78 is 31.7. The van der Waals surface area contributed by atoms with Gasteiger partial charge < -0.3 is 25.7 Å². The van der Waals surface area contributed by atoms with Crippen molar-refractivity contribution < 1.29 is 37.8 Å². The van der Waals surface area contributed by atoms with E-state index in [9.17, 15) is 27.9 Å². The first-order valence-corrected chi connectivity index (χ1v) is 7.84. The Hall–Kier alpha value is -1.88. The van der Waals surface area contributed by atoms with Crippen LogP contribution in [0.1, 0.15) is 25.7 Å². The highest BCUT2D eigenvalue weighted by Crippen LogP contribution is 2.14. The third-order valence-corrected chi connectivity index (χ3v) is 3.92. The number of hydrogen-bond acceptors (Lipinski definition) is 5. The van der Waals surface area contributed by atoms with E-state index < -0.39 is 24.3 Å². The Labute approximate surface area is 142 Å². The maximum atomic E-state index is 11.8. The molecule has 2 amide bonds. The molecule has 8 nitrogen and oxygen atoms in total. The highest BCUT2D eigenvalue weighted by Gasteiger charge is 2.38. The summed E-state index contributed by atoms with van der Waals surface area (Å²) in [5.41, 5.74) is 5.84. The van der Waals surface area contributed by atoms with Gasteiger partial charge in [0.05, 0.1) is 6.04 Å². The smallest absolute Gasteiger partial charge is 0.475 e. The number of hydrogen-bond donors (Lipinski definition) is 3. The van der Waals surface area contributed by atoms with Crippen LogP contribution in [0.3, 0.4) is 0 Å². The van der Waals surface area contributed by atoms with Crippen LogP contribution in [0.5, 0.6) is 0 Å². The zero-order valence-corrected chi connectivity index (χ0v) is 13.5. The standard InChI is InChI=1S/C12H21N3O3.C2HF3O2/c13-9(8-15-5-2-1-4-10(15)16)11(17)12(18)14-6-3-7-14;3-2(4,5)1(6)7/h9,11,17H,1-8,13H2;(H,6,7)/t9-,11?;/m0./s1. The third kappa shape index (κ3) is 6.50. The van der Waals surface area contributed by atoms with Gasteiger partial charge in [-0.3, -0.25) is 9.59 Å². The second-order valence-electron chi connectivity index (χ2n) is 5.89. The topological polar surface area (TPSA) is 124 Å². The molecule has 11 heteroatoms. The van der Waals surface area contributed by atoms with Crippen molar-refractivity contribution in [2.75, 3.05) is 26.2 Å². The summed E-state index contributed by atoms with van der Waals surface area (Å²) in [5, 5.41) is 17.0. The Morgan fingerprint density at radius 1 is 1.16 bits per heavy atom. The van der Waals surface area contributed by atoms with Gasteiger partial charge in [0.2, 0.25) is 5.91 Å². The number of nitrogens with zero attached hydrogens (tertiary/aromatic N) is 2. The van der Waals surface area contributed by atoms with Gasteiger partial charge in [0.25, 0.3) is 5.91 Å². The first kappa shape index (κ1) is 21.2. The minimum absolute atomic E-state index is 0.0697. The molecule has 0 aromatic heterocycles. The summed E-state index contributed by atoms with van der Waals surface area (Å²) in [7, 11) is 0. The van der Waals surface area contributed by atoms with Gasteiger partial charge >= 0.3 is 12.1 Å². The molecule has 1 unspecified atom stereocenters. The molecule has 2 rings (SSSR count). The van der Waals surface area contributed by atoms with Gasteiger partial charge in [-0.25, -0.2) is 4.79 Å². The number of likely N-dealkylation sites (tertiary alicyclic amines) is 2. The molecule has 0 saturated carbocycles. The summed E-state index contributed by atoms with van der Waals surface area (Å²) in [6.07, 6.45) is -2.87. The summed E-state index contributed by atoms with van der Waals surface area (Å²) in [4.78, 5) is 35.5. The van der Waals surface area contributed by atoms with Crippen molar-refractivity contribution >= 4 is 17.8 Å². The number of halogens is 3. The van der Waals surface area contributed by atoms with Crippen LogP contribution in [0.25, 0.3) is 0 Å². The number of aliphatic carboxylic acids is 1. The van der Waals surface area contributed by atoms with E-state index in [2.05, 4.69) is 0 Å². The van der Waals surface area contributed by atoms with Gasteiger partial charge in [-0.05, 0) is 19.3 Å². The molecule has 0 aliphatic carbocycles. The first-order chi connectivity index (χ1) is 11.5. The van der Waals surface area contributed by atoms with Crippen LogP contribution in [0, 0.1) is 0 Å². The lowest BCUT2D eigenvalue weighted by atomic mass is 10.1. The summed E-state index contributed by atoms with van der Waals surface area (Å²) in [5.74, 6) is -2.99. The maximum absolute atomic E-state index is 11.8. The SMILES string of the molecule is N[C@@H](CN1CCCCC1=O)C(O)C(=O)N1CCC1.O=C(O)C(F)(F)F. The van der Waals surface area contributed by atoms with Crippen molar-refractivity contribution in [3.8, 4) is 0 Å². The number of nitrogens with two attached hydrogens (primary N) is 1. The normalized spacial score (nSPS) is 20.1. The van der Waals surface area contributed by atoms with Gasteiger partial charge in [-0.1, -0.05) is 0 Å². The molecule has 2 fully saturated rings. The number of carboxylic acids is 1. The van der Waals surface area contributed by atoms with Crippen LogP contribution in [-0.2, 0) is 14.4 Å². The predicted molar refractivity (Wildman–Crippen MR) is 79.3 cm³/mol. The number of amides is 2. The largest absolute Gasteiger partial charge is 0.490 e. The summed E-state index contributed by atoms with van der Waals surface area (Å²) in [6, 6.07) is -0.694. The number of piperidine rings is 1. The average Bonchev–Trinajstić information content (AvgIpc) is 2.46. The van der Waals surface area contributed by atoms with Crippen LogP contribution in [0.15, 0.2) is 0 Å². The number of carbonyl (C=O) groups is 3. The molecule has 25 heavy (non-hydrogen) atoms. The Bertz CT molecular complexity index is 497. The third-order valence-electron chi connectivity index (χ3n) is 3.92. The minimum atomic E-state index is -5.08. The molecule has 2 aliphatic rings. The number of aliphatic hydroxyl groups excluding tert-OH is 1. The maximum Gasteiger partial charge on any atom is 0.490 e. The molecule has 0 bridgehead atoms. The first-order valence-electron chi connectivity index (χ1n) is 7.84. The van der Waals surface area contributed by atoms with Crippen LogP contribution in [0.2, 0.25) is 0 Å². The van der Waals surface area contributed by atoms with Crippen molar-refractivity contribution in [1.29, 1.82) is 0 Å². The minimum Gasteiger partial charge on any atom is -0.475 e. The van der Waals surface area contributed by atoms with E-state index >= 15 is 0 Å². The molecule has 4 N–H and O–H groups in total. The molecule has 0 aromatic carbocycles. The van der Waals surface area contributed by atoms with E-state index in [1.807, 2.05) is 0 Å². The molecule has 2 heterocycles. The van der Waals surface area contributed by atoms with Crippen LogP contribution >= 0.6 is 0 Å². The Kier molecular flexibility index (Phi) is 7.61. The van der Waals surface area contributed by atoms with Gasteiger partial charge in [0.15, 0.2) is 0 Å². The van der Waals surface area contributed by atoms with Crippen molar-refractivity contribution in [1.82, 2.24) is 9.80 Å². The number of carboxylic acid groups (broad SMARTS) is 1. The summed E-state index contributed by atoms with van der Waals surface area (Å²) in [6.45, 7) is 2.34. The molecule has 2 aliphatic heterocycles. The molecule has 2 atom stereocenters. The Morgan fingerprint density at radius 2 is 1.72 bits per heavy atom.